The van der Waals surface area contributed by atoms with Gasteiger partial charge < -0.3 is 4.74 Å². The van der Waals surface area contributed by atoms with Crippen LogP contribution in [0.1, 0.15) is 30.9 Å². The highest BCUT2D eigenvalue weighted by Crippen LogP contribution is 2.20. The topological polar surface area (TPSA) is 52.8 Å². The van der Waals surface area contributed by atoms with Crippen LogP contribution in [0.3, 0.4) is 0 Å². The normalized spacial score (nSPS) is 11.0. The molecule has 0 amide bonds. The van der Waals surface area contributed by atoms with Crippen molar-refractivity contribution in [1.29, 1.82) is 0 Å². The van der Waals surface area contributed by atoms with E-state index in [0.29, 0.717) is 18.3 Å². The number of hydrogen-bond donors (Lipinski definition) is 0. The number of benzene rings is 2. The minimum atomic E-state index is 0.535. The molecule has 2 aromatic carbocycles. The highest BCUT2D eigenvalue weighted by molar-refractivity contribution is 5.56. The van der Waals surface area contributed by atoms with Gasteiger partial charge in [-0.2, -0.15) is 4.80 Å². The molecule has 5 nitrogen and oxygen atoms in total. The van der Waals surface area contributed by atoms with E-state index in [-0.39, 0.29) is 0 Å². The van der Waals surface area contributed by atoms with Crippen molar-refractivity contribution < 1.29 is 4.74 Å². The first-order chi connectivity index (χ1) is 11.2. The smallest absolute Gasteiger partial charge is 0.205 e. The maximum atomic E-state index is 5.23. The van der Waals surface area contributed by atoms with Crippen molar-refractivity contribution in [2.45, 2.75) is 26.3 Å². The first-order valence-corrected chi connectivity index (χ1v) is 7.67. The van der Waals surface area contributed by atoms with Crippen molar-refractivity contribution in [3.8, 4) is 17.1 Å². The van der Waals surface area contributed by atoms with Gasteiger partial charge in [0.2, 0.25) is 5.82 Å². The summed E-state index contributed by atoms with van der Waals surface area (Å²) in [4.78, 5) is 1.61. The fraction of sp³-hybridized carbons (Fsp3) is 0.278. The lowest BCUT2D eigenvalue weighted by atomic mass is 10.0. The second kappa shape index (κ2) is 6.60. The van der Waals surface area contributed by atoms with Gasteiger partial charge in [0.05, 0.1) is 13.7 Å². The number of aromatic nitrogens is 4. The van der Waals surface area contributed by atoms with Crippen LogP contribution in [0, 0.1) is 0 Å². The Morgan fingerprint density at radius 2 is 1.87 bits per heavy atom. The largest absolute Gasteiger partial charge is 0.497 e. The Morgan fingerprint density at radius 3 is 2.57 bits per heavy atom. The minimum absolute atomic E-state index is 0.535. The molecular formula is C18H20N4O. The Bertz CT molecular complexity index is 778. The lowest BCUT2D eigenvalue weighted by molar-refractivity contribution is 0.415. The van der Waals surface area contributed by atoms with Gasteiger partial charge in [-0.3, -0.25) is 0 Å². The summed E-state index contributed by atoms with van der Waals surface area (Å²) in [6, 6.07) is 16.2. The monoisotopic (exact) mass is 308 g/mol. The molecule has 0 aliphatic heterocycles. The molecule has 3 rings (SSSR count). The van der Waals surface area contributed by atoms with Crippen LogP contribution in [-0.2, 0) is 6.54 Å². The SMILES string of the molecule is COc1cccc(-c2nnn(Cc3ccc(C(C)C)cc3)n2)c1. The molecule has 0 spiro atoms. The van der Waals surface area contributed by atoms with Gasteiger partial charge in [0.25, 0.3) is 0 Å². The molecule has 0 fully saturated rings. The van der Waals surface area contributed by atoms with E-state index in [1.54, 1.807) is 11.9 Å². The average Bonchev–Trinajstić information content (AvgIpc) is 3.04. The van der Waals surface area contributed by atoms with Gasteiger partial charge in [0.1, 0.15) is 5.75 Å². The first-order valence-electron chi connectivity index (χ1n) is 7.67. The third-order valence-electron chi connectivity index (χ3n) is 3.75. The molecule has 5 heteroatoms. The van der Waals surface area contributed by atoms with Gasteiger partial charge in [0, 0.05) is 5.56 Å². The Kier molecular flexibility index (Phi) is 4.37. The average molecular weight is 308 g/mol. The van der Waals surface area contributed by atoms with Gasteiger partial charge in [-0.05, 0) is 34.4 Å². The molecular weight excluding hydrogens is 288 g/mol. The van der Waals surface area contributed by atoms with Gasteiger partial charge in [0.15, 0.2) is 0 Å². The number of rotatable bonds is 5. The van der Waals surface area contributed by atoms with Gasteiger partial charge >= 0.3 is 0 Å². The van der Waals surface area contributed by atoms with E-state index in [9.17, 15) is 0 Å². The molecule has 0 unspecified atom stereocenters. The van der Waals surface area contributed by atoms with Crippen molar-refractivity contribution in [3.63, 3.8) is 0 Å². The van der Waals surface area contributed by atoms with E-state index in [0.717, 1.165) is 16.9 Å². The molecule has 0 aliphatic carbocycles. The van der Waals surface area contributed by atoms with Crippen molar-refractivity contribution in [2.24, 2.45) is 0 Å². The second-order valence-corrected chi connectivity index (χ2v) is 5.77. The van der Waals surface area contributed by atoms with Gasteiger partial charge in [-0.15, -0.1) is 10.2 Å². The molecule has 118 valence electrons. The highest BCUT2D eigenvalue weighted by Gasteiger charge is 2.07. The maximum absolute atomic E-state index is 5.23. The van der Waals surface area contributed by atoms with Crippen LogP contribution < -0.4 is 4.74 Å². The van der Waals surface area contributed by atoms with E-state index in [1.807, 2.05) is 24.3 Å². The van der Waals surface area contributed by atoms with Crippen LogP contribution >= 0.6 is 0 Å². The summed E-state index contributed by atoms with van der Waals surface area (Å²) >= 11 is 0. The Morgan fingerprint density at radius 1 is 1.09 bits per heavy atom. The molecule has 0 radical (unpaired) electrons. The van der Waals surface area contributed by atoms with Crippen molar-refractivity contribution in [3.05, 3.63) is 59.7 Å². The van der Waals surface area contributed by atoms with E-state index in [1.165, 1.54) is 5.56 Å². The number of ether oxygens (including phenoxy) is 1. The quantitative estimate of drug-likeness (QED) is 0.723. The van der Waals surface area contributed by atoms with Crippen LogP contribution in [0.15, 0.2) is 48.5 Å². The summed E-state index contributed by atoms with van der Waals surface area (Å²) in [7, 11) is 1.64. The zero-order valence-electron chi connectivity index (χ0n) is 13.6. The zero-order valence-corrected chi connectivity index (χ0v) is 13.6. The van der Waals surface area contributed by atoms with Gasteiger partial charge in [-0.1, -0.05) is 50.2 Å². The highest BCUT2D eigenvalue weighted by atomic mass is 16.5. The molecule has 3 aromatic rings. The van der Waals surface area contributed by atoms with E-state index in [4.69, 9.17) is 4.74 Å². The lowest BCUT2D eigenvalue weighted by Gasteiger charge is -2.06. The van der Waals surface area contributed by atoms with Crippen molar-refractivity contribution >= 4 is 0 Å². The van der Waals surface area contributed by atoms with E-state index >= 15 is 0 Å². The third-order valence-corrected chi connectivity index (χ3v) is 3.75. The van der Waals surface area contributed by atoms with E-state index < -0.39 is 0 Å². The molecule has 0 saturated heterocycles. The molecule has 0 saturated carbocycles. The van der Waals surface area contributed by atoms with Crippen LogP contribution in [0.25, 0.3) is 11.4 Å². The fourth-order valence-corrected chi connectivity index (χ4v) is 2.36. The van der Waals surface area contributed by atoms with Crippen molar-refractivity contribution in [2.75, 3.05) is 7.11 Å². The number of tetrazole rings is 1. The summed E-state index contributed by atoms with van der Waals surface area (Å²) in [5.74, 6) is 1.92. The van der Waals surface area contributed by atoms with Crippen LogP contribution in [0.2, 0.25) is 0 Å². The van der Waals surface area contributed by atoms with Crippen molar-refractivity contribution in [1.82, 2.24) is 20.2 Å². The zero-order chi connectivity index (χ0) is 16.2. The molecule has 23 heavy (non-hydrogen) atoms. The van der Waals surface area contributed by atoms with Crippen LogP contribution in [-0.4, -0.2) is 27.3 Å². The Hall–Kier alpha value is -2.69. The lowest BCUT2D eigenvalue weighted by Crippen LogP contribution is -2.04. The predicted molar refractivity (Wildman–Crippen MR) is 89.4 cm³/mol. The maximum Gasteiger partial charge on any atom is 0.205 e. The summed E-state index contributed by atoms with van der Waals surface area (Å²) in [5.41, 5.74) is 3.38. The van der Waals surface area contributed by atoms with Crippen LogP contribution in [0.5, 0.6) is 5.75 Å². The Balaban J connectivity index is 1.76. The minimum Gasteiger partial charge on any atom is -0.497 e. The summed E-state index contributed by atoms with van der Waals surface area (Å²) in [6.45, 7) is 4.98. The third kappa shape index (κ3) is 3.56. The fourth-order valence-electron chi connectivity index (χ4n) is 2.36. The summed E-state index contributed by atoms with van der Waals surface area (Å²) in [5, 5.41) is 12.7. The molecule has 0 aliphatic rings. The summed E-state index contributed by atoms with van der Waals surface area (Å²) < 4.78 is 5.23. The molecule has 1 heterocycles. The van der Waals surface area contributed by atoms with Gasteiger partial charge in [-0.25, -0.2) is 0 Å². The molecule has 0 N–H and O–H groups in total. The molecule has 0 bridgehead atoms. The predicted octanol–water partition coefficient (Wildman–Crippen LogP) is 3.52. The molecule has 0 atom stereocenters. The first kappa shape index (κ1) is 15.2. The molecule has 1 aromatic heterocycles. The standard InChI is InChI=1S/C18H20N4O/c1-13(2)15-9-7-14(8-10-15)12-22-20-18(19-21-22)16-5-4-6-17(11-16)23-3/h4-11,13H,12H2,1-3H3. The number of methoxy groups -OCH3 is 1. The van der Waals surface area contributed by atoms with Crippen LogP contribution in [0.4, 0.5) is 0 Å². The summed E-state index contributed by atoms with van der Waals surface area (Å²) in [6.07, 6.45) is 0. The number of hydrogen-bond acceptors (Lipinski definition) is 4. The second-order valence-electron chi connectivity index (χ2n) is 5.77. The number of nitrogens with zero attached hydrogens (tertiary/aromatic N) is 4. The van der Waals surface area contributed by atoms with E-state index in [2.05, 4.69) is 53.5 Å². The Labute approximate surface area is 135 Å².